The van der Waals surface area contributed by atoms with Gasteiger partial charge in [0.15, 0.2) is 6.61 Å². The van der Waals surface area contributed by atoms with E-state index < -0.39 is 30.2 Å². The summed E-state index contributed by atoms with van der Waals surface area (Å²) in [4.78, 5) is 36.1. The number of anilines is 2. The van der Waals surface area contributed by atoms with Gasteiger partial charge in [-0.1, -0.05) is 40.9 Å². The van der Waals surface area contributed by atoms with Crippen molar-refractivity contribution in [1.82, 2.24) is 0 Å². The number of rotatable bonds is 5. The molecular weight excluding hydrogens is 455 g/mol. The van der Waals surface area contributed by atoms with Crippen molar-refractivity contribution in [2.75, 3.05) is 17.2 Å². The Morgan fingerprint density at radius 3 is 2.20 bits per heavy atom. The summed E-state index contributed by atoms with van der Waals surface area (Å²) in [6, 6.07) is 8.85. The summed E-state index contributed by atoms with van der Waals surface area (Å²) in [5.41, 5.74) is -0.0294. The van der Waals surface area contributed by atoms with Crippen molar-refractivity contribution in [1.29, 1.82) is 0 Å². The quantitative estimate of drug-likeness (QED) is 0.536. The Hall–Kier alpha value is -2.48. The van der Waals surface area contributed by atoms with E-state index in [2.05, 4.69) is 10.6 Å². The first kappa shape index (κ1) is 23.8. The topological polar surface area (TPSA) is 93.7 Å². The number of amides is 2. The van der Waals surface area contributed by atoms with Gasteiger partial charge in [0.1, 0.15) is 5.60 Å². The average Bonchev–Trinajstić information content (AvgIpc) is 2.61. The second kappa shape index (κ2) is 10.0. The molecule has 2 aromatic carbocycles. The molecule has 160 valence electrons. The molecule has 0 saturated heterocycles. The zero-order valence-electron chi connectivity index (χ0n) is 16.3. The molecule has 0 aliphatic carbocycles. The first-order valence-electron chi connectivity index (χ1n) is 8.66. The zero-order chi connectivity index (χ0) is 22.5. The van der Waals surface area contributed by atoms with Crippen LogP contribution in [0.4, 0.5) is 16.2 Å². The smallest absolute Gasteiger partial charge is 0.412 e. The summed E-state index contributed by atoms with van der Waals surface area (Å²) < 4.78 is 10.2. The maximum Gasteiger partial charge on any atom is 0.412 e. The van der Waals surface area contributed by atoms with Crippen LogP contribution in [0.3, 0.4) is 0 Å². The van der Waals surface area contributed by atoms with Crippen LogP contribution in [0, 0.1) is 0 Å². The van der Waals surface area contributed by atoms with E-state index in [0.29, 0.717) is 10.7 Å². The molecule has 0 spiro atoms. The van der Waals surface area contributed by atoms with Crippen LogP contribution >= 0.6 is 34.8 Å². The van der Waals surface area contributed by atoms with Crippen LogP contribution in [0.15, 0.2) is 36.4 Å². The molecule has 0 aliphatic heterocycles. The minimum atomic E-state index is -0.758. The molecule has 2 rings (SSSR count). The Balaban J connectivity index is 1.95. The third kappa shape index (κ3) is 7.40. The van der Waals surface area contributed by atoms with Gasteiger partial charge in [-0.15, -0.1) is 0 Å². The maximum absolute atomic E-state index is 12.2. The van der Waals surface area contributed by atoms with Crippen molar-refractivity contribution in [3.8, 4) is 0 Å². The minimum Gasteiger partial charge on any atom is -0.452 e. The summed E-state index contributed by atoms with van der Waals surface area (Å²) >= 11 is 17.8. The van der Waals surface area contributed by atoms with Gasteiger partial charge in [-0.3, -0.25) is 10.1 Å². The Kier molecular flexibility index (Phi) is 7.95. The van der Waals surface area contributed by atoms with Gasteiger partial charge in [0, 0.05) is 10.7 Å². The lowest BCUT2D eigenvalue weighted by molar-refractivity contribution is -0.119. The summed E-state index contributed by atoms with van der Waals surface area (Å²) in [5.74, 6) is -1.40. The number of hydrogen-bond donors (Lipinski definition) is 2. The largest absolute Gasteiger partial charge is 0.452 e. The van der Waals surface area contributed by atoms with E-state index in [9.17, 15) is 14.4 Å². The van der Waals surface area contributed by atoms with E-state index in [0.717, 1.165) is 0 Å². The molecule has 0 saturated carbocycles. The van der Waals surface area contributed by atoms with Crippen molar-refractivity contribution >= 4 is 64.1 Å². The molecule has 10 heteroatoms. The fourth-order valence-electron chi connectivity index (χ4n) is 2.20. The molecule has 0 bridgehead atoms. The summed E-state index contributed by atoms with van der Waals surface area (Å²) in [6.45, 7) is 4.62. The second-order valence-electron chi connectivity index (χ2n) is 7.08. The van der Waals surface area contributed by atoms with E-state index in [1.807, 2.05) is 0 Å². The van der Waals surface area contributed by atoms with E-state index in [1.54, 1.807) is 32.9 Å². The molecular formula is C20H19Cl3N2O5. The molecule has 0 radical (unpaired) electrons. The van der Waals surface area contributed by atoms with Crippen molar-refractivity contribution in [3.63, 3.8) is 0 Å². The van der Waals surface area contributed by atoms with E-state index in [1.165, 1.54) is 24.3 Å². The predicted octanol–water partition coefficient (Wildman–Crippen LogP) is 5.79. The Morgan fingerprint density at radius 2 is 1.60 bits per heavy atom. The van der Waals surface area contributed by atoms with Crippen LogP contribution in [0.2, 0.25) is 15.1 Å². The Bertz CT molecular complexity index is 950. The van der Waals surface area contributed by atoms with Crippen LogP contribution in [0.1, 0.15) is 31.1 Å². The number of esters is 1. The lowest BCUT2D eigenvalue weighted by atomic mass is 10.2. The number of carbonyl (C=O) groups excluding carboxylic acids is 3. The highest BCUT2D eigenvalue weighted by Gasteiger charge is 2.17. The highest BCUT2D eigenvalue weighted by Crippen LogP contribution is 2.33. The van der Waals surface area contributed by atoms with E-state index >= 15 is 0 Å². The molecule has 0 heterocycles. The number of nitrogens with one attached hydrogen (secondary N) is 2. The van der Waals surface area contributed by atoms with Crippen LogP contribution < -0.4 is 10.6 Å². The third-order valence-electron chi connectivity index (χ3n) is 3.35. The fraction of sp³-hybridized carbons (Fsp3) is 0.250. The normalized spacial score (nSPS) is 10.9. The van der Waals surface area contributed by atoms with Crippen LogP contribution in [-0.4, -0.2) is 30.2 Å². The zero-order valence-corrected chi connectivity index (χ0v) is 18.6. The summed E-state index contributed by atoms with van der Waals surface area (Å²) in [7, 11) is 0. The fourth-order valence-corrected chi connectivity index (χ4v) is 3.11. The minimum absolute atomic E-state index is 0.138. The van der Waals surface area contributed by atoms with Gasteiger partial charge < -0.3 is 14.8 Å². The number of benzene rings is 2. The van der Waals surface area contributed by atoms with Crippen molar-refractivity contribution < 1.29 is 23.9 Å². The second-order valence-corrected chi connectivity index (χ2v) is 8.33. The Morgan fingerprint density at radius 1 is 0.967 bits per heavy atom. The molecule has 7 nitrogen and oxygen atoms in total. The number of halogens is 3. The van der Waals surface area contributed by atoms with Gasteiger partial charge in [0.25, 0.3) is 5.91 Å². The Labute approximate surface area is 188 Å². The molecule has 0 atom stereocenters. The average molecular weight is 474 g/mol. The van der Waals surface area contributed by atoms with Gasteiger partial charge in [0.2, 0.25) is 0 Å². The van der Waals surface area contributed by atoms with Crippen molar-refractivity contribution in [2.24, 2.45) is 0 Å². The van der Waals surface area contributed by atoms with E-state index in [-0.39, 0.29) is 21.3 Å². The van der Waals surface area contributed by atoms with Gasteiger partial charge >= 0.3 is 12.1 Å². The summed E-state index contributed by atoms with van der Waals surface area (Å²) in [5, 5.41) is 5.59. The monoisotopic (exact) mass is 472 g/mol. The molecule has 0 aliphatic rings. The molecule has 0 unspecified atom stereocenters. The van der Waals surface area contributed by atoms with Gasteiger partial charge in [-0.25, -0.2) is 9.59 Å². The maximum atomic E-state index is 12.2. The molecule has 0 aromatic heterocycles. The molecule has 2 amide bonds. The van der Waals surface area contributed by atoms with Gasteiger partial charge in [0.05, 0.1) is 21.3 Å². The van der Waals surface area contributed by atoms with Crippen molar-refractivity contribution in [3.05, 3.63) is 57.0 Å². The number of carbonyl (C=O) groups is 3. The van der Waals surface area contributed by atoms with Crippen LogP contribution in [-0.2, 0) is 14.3 Å². The van der Waals surface area contributed by atoms with E-state index in [4.69, 9.17) is 44.3 Å². The first-order valence-corrected chi connectivity index (χ1v) is 9.79. The SMILES string of the molecule is CC(C)(C)OC(=O)Nc1cccc(C(=O)OCC(=O)Nc2c(Cl)cc(Cl)cc2Cl)c1. The third-order valence-corrected chi connectivity index (χ3v) is 4.16. The van der Waals surface area contributed by atoms with Gasteiger partial charge in [-0.05, 0) is 51.1 Å². The molecule has 2 N–H and O–H groups in total. The number of hydrogen-bond acceptors (Lipinski definition) is 5. The highest BCUT2D eigenvalue weighted by molar-refractivity contribution is 6.42. The molecule has 0 fully saturated rings. The predicted molar refractivity (Wildman–Crippen MR) is 117 cm³/mol. The van der Waals surface area contributed by atoms with Gasteiger partial charge in [-0.2, -0.15) is 0 Å². The van der Waals surface area contributed by atoms with Crippen LogP contribution in [0.25, 0.3) is 0 Å². The summed E-state index contributed by atoms with van der Waals surface area (Å²) in [6.07, 6.45) is -0.663. The molecule has 2 aromatic rings. The van der Waals surface area contributed by atoms with Crippen molar-refractivity contribution in [2.45, 2.75) is 26.4 Å². The first-order chi connectivity index (χ1) is 13.9. The lowest BCUT2D eigenvalue weighted by Gasteiger charge is -2.19. The standard InChI is InChI=1S/C20H19Cl3N2O5/c1-20(2,3)30-19(28)24-13-6-4-5-11(7-13)18(27)29-10-16(26)25-17-14(22)8-12(21)9-15(17)23/h4-9H,10H2,1-3H3,(H,24,28)(H,25,26). The number of ether oxygens (including phenoxy) is 2. The van der Waals surface area contributed by atoms with Crippen LogP contribution in [0.5, 0.6) is 0 Å². The highest BCUT2D eigenvalue weighted by atomic mass is 35.5. The lowest BCUT2D eigenvalue weighted by Crippen LogP contribution is -2.27. The molecule has 30 heavy (non-hydrogen) atoms.